The second-order valence-corrected chi connectivity index (χ2v) is 5.81. The molecule has 0 aliphatic heterocycles. The van der Waals surface area contributed by atoms with Gasteiger partial charge in [0, 0.05) is 16.1 Å². The molecule has 1 N–H and O–H groups in total. The van der Waals surface area contributed by atoms with Gasteiger partial charge in [0.1, 0.15) is 0 Å². The van der Waals surface area contributed by atoms with Crippen LogP contribution < -0.4 is 5.43 Å². The summed E-state index contributed by atoms with van der Waals surface area (Å²) in [6.07, 6.45) is 4.20. The van der Waals surface area contributed by atoms with E-state index in [1.165, 1.54) is 5.56 Å². The molecule has 2 aromatic rings. The van der Waals surface area contributed by atoms with Crippen LogP contribution >= 0.6 is 11.6 Å². The summed E-state index contributed by atoms with van der Waals surface area (Å²) in [4.78, 5) is 12.1. The maximum absolute atomic E-state index is 12.1. The molecular weight excluding hydrogens is 296 g/mol. The Hall–Kier alpha value is -2.13. The van der Waals surface area contributed by atoms with Crippen LogP contribution in [0.4, 0.5) is 0 Å². The van der Waals surface area contributed by atoms with Gasteiger partial charge in [-0.15, -0.1) is 0 Å². The lowest BCUT2D eigenvalue weighted by atomic mass is 10.0. The van der Waals surface area contributed by atoms with Gasteiger partial charge < -0.3 is 0 Å². The summed E-state index contributed by atoms with van der Waals surface area (Å²) in [5.41, 5.74) is 6.62. The van der Waals surface area contributed by atoms with Crippen molar-refractivity contribution in [3.63, 3.8) is 0 Å². The summed E-state index contributed by atoms with van der Waals surface area (Å²) in [5.74, 6) is -0.217. The molecule has 3 nitrogen and oxygen atoms in total. The first-order valence-electron chi connectivity index (χ1n) is 7.45. The number of aryl methyl sites for hydroxylation is 1. The van der Waals surface area contributed by atoms with E-state index < -0.39 is 0 Å². The number of carbonyl (C=O) groups is 1. The molecule has 0 saturated heterocycles. The lowest BCUT2D eigenvalue weighted by Crippen LogP contribution is -2.20. The summed E-state index contributed by atoms with van der Waals surface area (Å²) in [6, 6.07) is 15.1. The highest BCUT2D eigenvalue weighted by atomic mass is 35.5. The Labute approximate surface area is 135 Å². The van der Waals surface area contributed by atoms with E-state index >= 15 is 0 Å². The third-order valence-corrected chi connectivity index (χ3v) is 4.09. The van der Waals surface area contributed by atoms with Crippen LogP contribution in [0.5, 0.6) is 0 Å². The smallest absolute Gasteiger partial charge is 0.267 e. The molecule has 4 heteroatoms. The highest BCUT2D eigenvalue weighted by molar-refractivity contribution is 6.30. The molecule has 22 heavy (non-hydrogen) atoms. The SMILES string of the molecule is O=C(N/N=C1\CCCCc2ccccc21)c1ccc(Cl)cc1. The molecule has 0 radical (unpaired) electrons. The molecular formula is C18H17ClN2O. The molecule has 0 aromatic heterocycles. The lowest BCUT2D eigenvalue weighted by Gasteiger charge is -2.08. The maximum Gasteiger partial charge on any atom is 0.271 e. The Morgan fingerprint density at radius 3 is 2.55 bits per heavy atom. The van der Waals surface area contributed by atoms with Gasteiger partial charge in [-0.3, -0.25) is 4.79 Å². The molecule has 1 amide bonds. The third-order valence-electron chi connectivity index (χ3n) is 3.84. The summed E-state index contributed by atoms with van der Waals surface area (Å²) in [5, 5.41) is 4.98. The van der Waals surface area contributed by atoms with Crippen LogP contribution in [0.3, 0.4) is 0 Å². The average Bonchev–Trinajstić information content (AvgIpc) is 2.75. The predicted molar refractivity (Wildman–Crippen MR) is 89.5 cm³/mol. The van der Waals surface area contributed by atoms with Crippen molar-refractivity contribution in [3.05, 3.63) is 70.2 Å². The number of hydrogen-bond acceptors (Lipinski definition) is 2. The van der Waals surface area contributed by atoms with Gasteiger partial charge in [-0.2, -0.15) is 5.10 Å². The van der Waals surface area contributed by atoms with Crippen LogP contribution in [0.25, 0.3) is 0 Å². The summed E-state index contributed by atoms with van der Waals surface area (Å²) < 4.78 is 0. The van der Waals surface area contributed by atoms with Crippen LogP contribution in [-0.4, -0.2) is 11.6 Å². The van der Waals surface area contributed by atoms with E-state index in [0.29, 0.717) is 10.6 Å². The van der Waals surface area contributed by atoms with Crippen molar-refractivity contribution < 1.29 is 4.79 Å². The van der Waals surface area contributed by atoms with E-state index in [1.807, 2.05) is 12.1 Å². The first-order valence-corrected chi connectivity index (χ1v) is 7.82. The summed E-state index contributed by atoms with van der Waals surface area (Å²) in [7, 11) is 0. The molecule has 0 unspecified atom stereocenters. The normalized spacial score (nSPS) is 16.0. The topological polar surface area (TPSA) is 41.5 Å². The highest BCUT2D eigenvalue weighted by Gasteiger charge is 2.14. The van der Waals surface area contributed by atoms with Crippen molar-refractivity contribution in [2.75, 3.05) is 0 Å². The highest BCUT2D eigenvalue weighted by Crippen LogP contribution is 2.20. The first kappa shape index (κ1) is 14.8. The fourth-order valence-corrected chi connectivity index (χ4v) is 2.79. The van der Waals surface area contributed by atoms with Crippen molar-refractivity contribution >= 4 is 23.2 Å². The fourth-order valence-electron chi connectivity index (χ4n) is 2.66. The molecule has 0 spiro atoms. The Bertz CT molecular complexity index is 707. The van der Waals surface area contributed by atoms with Gasteiger partial charge in [0.25, 0.3) is 5.91 Å². The zero-order valence-corrected chi connectivity index (χ0v) is 12.9. The van der Waals surface area contributed by atoms with E-state index in [4.69, 9.17) is 11.6 Å². The van der Waals surface area contributed by atoms with Crippen molar-refractivity contribution in [2.24, 2.45) is 5.10 Å². The predicted octanol–water partition coefficient (Wildman–Crippen LogP) is 4.20. The summed E-state index contributed by atoms with van der Waals surface area (Å²) >= 11 is 5.83. The largest absolute Gasteiger partial charge is 0.271 e. The van der Waals surface area contributed by atoms with E-state index in [1.54, 1.807) is 24.3 Å². The van der Waals surface area contributed by atoms with Crippen molar-refractivity contribution in [3.8, 4) is 0 Å². The molecule has 0 saturated carbocycles. The molecule has 1 aliphatic rings. The Morgan fingerprint density at radius 2 is 1.73 bits per heavy atom. The Morgan fingerprint density at radius 1 is 1.00 bits per heavy atom. The number of hydrazone groups is 1. The average molecular weight is 313 g/mol. The first-order chi connectivity index (χ1) is 10.7. The van der Waals surface area contributed by atoms with Crippen LogP contribution in [0, 0.1) is 0 Å². The molecule has 112 valence electrons. The minimum absolute atomic E-state index is 0.217. The van der Waals surface area contributed by atoms with Gasteiger partial charge >= 0.3 is 0 Å². The monoisotopic (exact) mass is 312 g/mol. The second kappa shape index (κ2) is 6.75. The molecule has 1 aliphatic carbocycles. The molecule has 0 bridgehead atoms. The standard InChI is InChI=1S/C18H17ClN2O/c19-15-11-9-14(10-12-15)18(22)21-20-17-8-4-2-6-13-5-1-3-7-16(13)17/h1,3,5,7,9-12H,2,4,6,8H2,(H,21,22)/b20-17+. The van der Waals surface area contributed by atoms with E-state index in [2.05, 4.69) is 22.7 Å². The number of benzene rings is 2. The second-order valence-electron chi connectivity index (χ2n) is 5.37. The van der Waals surface area contributed by atoms with Crippen LogP contribution in [0.2, 0.25) is 5.02 Å². The van der Waals surface area contributed by atoms with E-state index in [-0.39, 0.29) is 5.91 Å². The number of amides is 1. The van der Waals surface area contributed by atoms with Gasteiger partial charge in [0.2, 0.25) is 0 Å². The molecule has 3 rings (SSSR count). The van der Waals surface area contributed by atoms with Gasteiger partial charge in [0.05, 0.1) is 5.71 Å². The van der Waals surface area contributed by atoms with Crippen LogP contribution in [0.15, 0.2) is 53.6 Å². The van der Waals surface area contributed by atoms with Crippen LogP contribution in [-0.2, 0) is 6.42 Å². The number of rotatable bonds is 2. The molecule has 2 aromatic carbocycles. The number of halogens is 1. The zero-order chi connectivity index (χ0) is 15.4. The van der Waals surface area contributed by atoms with Crippen LogP contribution in [0.1, 0.15) is 40.7 Å². The number of carbonyl (C=O) groups excluding carboxylic acids is 1. The number of nitrogens with zero attached hydrogens (tertiary/aromatic N) is 1. The van der Waals surface area contributed by atoms with Gasteiger partial charge in [-0.1, -0.05) is 35.9 Å². The zero-order valence-electron chi connectivity index (χ0n) is 12.2. The van der Waals surface area contributed by atoms with E-state index in [9.17, 15) is 4.79 Å². The van der Waals surface area contributed by atoms with E-state index in [0.717, 1.165) is 37.0 Å². The minimum Gasteiger partial charge on any atom is -0.267 e. The maximum atomic E-state index is 12.1. The number of nitrogens with one attached hydrogen (secondary N) is 1. The van der Waals surface area contributed by atoms with Gasteiger partial charge in [-0.25, -0.2) is 5.43 Å². The minimum atomic E-state index is -0.217. The number of hydrogen-bond donors (Lipinski definition) is 1. The van der Waals surface area contributed by atoms with Crippen molar-refractivity contribution in [1.82, 2.24) is 5.43 Å². The van der Waals surface area contributed by atoms with Gasteiger partial charge in [0.15, 0.2) is 0 Å². The van der Waals surface area contributed by atoms with Crippen molar-refractivity contribution in [2.45, 2.75) is 25.7 Å². The lowest BCUT2D eigenvalue weighted by molar-refractivity contribution is 0.0955. The summed E-state index contributed by atoms with van der Waals surface area (Å²) in [6.45, 7) is 0. The molecule has 0 heterocycles. The number of fused-ring (bicyclic) bond motifs is 1. The Kier molecular flexibility index (Phi) is 4.54. The third kappa shape index (κ3) is 3.37. The van der Waals surface area contributed by atoms with Crippen molar-refractivity contribution in [1.29, 1.82) is 0 Å². The fraction of sp³-hybridized carbons (Fsp3) is 0.222. The molecule has 0 fully saturated rings. The molecule has 0 atom stereocenters. The Balaban J connectivity index is 1.80. The quantitative estimate of drug-likeness (QED) is 0.655. The van der Waals surface area contributed by atoms with Gasteiger partial charge in [-0.05, 0) is 55.5 Å².